The number of pyridine rings is 1. The number of anilines is 1. The minimum Gasteiger partial charge on any atom is -0.496 e. The molecular formula is C26H41N2O2Si. The monoisotopic (exact) mass is 441 g/mol. The molecule has 1 aromatic heterocycles. The van der Waals surface area contributed by atoms with Crippen molar-refractivity contribution in [3.63, 3.8) is 0 Å². The zero-order chi connectivity index (χ0) is 23.4. The molecule has 0 spiro atoms. The third-order valence-electron chi connectivity index (χ3n) is 5.09. The number of nitrogens with zero attached hydrogens (tertiary/aromatic N) is 1. The van der Waals surface area contributed by atoms with Crippen LogP contribution in [0.1, 0.15) is 65.7 Å². The number of hydrogen-bond acceptors (Lipinski definition) is 4. The Morgan fingerprint density at radius 2 is 1.74 bits per heavy atom. The van der Waals surface area contributed by atoms with Gasteiger partial charge in [-0.2, -0.15) is 0 Å². The van der Waals surface area contributed by atoms with Crippen molar-refractivity contribution in [2.24, 2.45) is 10.8 Å². The lowest BCUT2D eigenvalue weighted by Gasteiger charge is -2.34. The summed E-state index contributed by atoms with van der Waals surface area (Å²) >= 11 is 0. The summed E-state index contributed by atoms with van der Waals surface area (Å²) in [5.74, 6) is 1.73. The Bertz CT molecular complexity index is 867. The molecule has 1 N–H and O–H groups in total. The molecule has 2 rings (SSSR count). The van der Waals surface area contributed by atoms with Crippen molar-refractivity contribution < 1.29 is 9.16 Å². The maximum atomic E-state index is 6.49. The molecule has 5 heteroatoms. The van der Waals surface area contributed by atoms with Crippen LogP contribution in [0.3, 0.4) is 0 Å². The second kappa shape index (κ2) is 10.2. The minimum absolute atomic E-state index is 0.00652. The Hall–Kier alpha value is -1.85. The van der Waals surface area contributed by atoms with E-state index in [4.69, 9.17) is 14.1 Å². The highest BCUT2D eigenvalue weighted by atomic mass is 28.3. The number of nitrogens with one attached hydrogen (secondary N) is 1. The number of aryl methyl sites for hydroxylation is 1. The van der Waals surface area contributed by atoms with Crippen LogP contribution in [0.15, 0.2) is 30.3 Å². The maximum Gasteiger partial charge on any atom is 0.205 e. The summed E-state index contributed by atoms with van der Waals surface area (Å²) in [6, 6.07) is 10.5. The zero-order valence-corrected chi connectivity index (χ0v) is 22.1. The second-order valence-corrected chi connectivity index (χ2v) is 12.8. The topological polar surface area (TPSA) is 43.4 Å². The van der Waals surface area contributed by atoms with Crippen molar-refractivity contribution in [3.8, 4) is 17.0 Å². The van der Waals surface area contributed by atoms with Crippen LogP contribution >= 0.6 is 0 Å². The summed E-state index contributed by atoms with van der Waals surface area (Å²) < 4.78 is 12.3. The predicted octanol–water partition coefficient (Wildman–Crippen LogP) is 7.13. The molecule has 0 fully saturated rings. The average molecular weight is 442 g/mol. The van der Waals surface area contributed by atoms with Gasteiger partial charge in [-0.05, 0) is 65.7 Å². The number of methoxy groups -OCH3 is 1. The first kappa shape index (κ1) is 25.4. The summed E-state index contributed by atoms with van der Waals surface area (Å²) in [5.41, 5.74) is 4.63. The molecular weight excluding hydrogens is 400 g/mol. The molecule has 0 aliphatic rings. The molecule has 0 bridgehead atoms. The van der Waals surface area contributed by atoms with E-state index in [0.717, 1.165) is 35.8 Å². The first-order valence-corrected chi connectivity index (χ1v) is 13.7. The van der Waals surface area contributed by atoms with Gasteiger partial charge in [-0.3, -0.25) is 0 Å². The largest absolute Gasteiger partial charge is 0.496 e. The number of rotatable bonds is 8. The van der Waals surface area contributed by atoms with Crippen molar-refractivity contribution >= 4 is 14.9 Å². The summed E-state index contributed by atoms with van der Waals surface area (Å²) in [5, 5.41) is 3.46. The van der Waals surface area contributed by atoms with E-state index in [2.05, 4.69) is 91.1 Å². The van der Waals surface area contributed by atoms with E-state index >= 15 is 0 Å². The fraction of sp³-hybridized carbons (Fsp3) is 0.577. The van der Waals surface area contributed by atoms with Crippen LogP contribution in [0.5, 0.6) is 5.75 Å². The van der Waals surface area contributed by atoms with Gasteiger partial charge in [-0.25, -0.2) is 4.98 Å². The summed E-state index contributed by atoms with van der Waals surface area (Å²) in [6.07, 6.45) is 0.960. The number of aromatic nitrogens is 1. The van der Waals surface area contributed by atoms with Gasteiger partial charge in [0.15, 0.2) is 0 Å². The average Bonchev–Trinajstić information content (AvgIpc) is 2.68. The highest BCUT2D eigenvalue weighted by Gasteiger charge is 2.31. The quantitative estimate of drug-likeness (QED) is 0.442. The highest BCUT2D eigenvalue weighted by Crippen LogP contribution is 2.42. The Balaban J connectivity index is 2.54. The Morgan fingerprint density at radius 1 is 1.06 bits per heavy atom. The third kappa shape index (κ3) is 7.08. The van der Waals surface area contributed by atoms with Crippen LogP contribution in [0.25, 0.3) is 11.3 Å². The SMILES string of the molecule is CCc1cc(-c2cccc(NCC(C)(C)C)n2)c(OC)cc1C(O[Si](C)C)C(C)(C)C. The van der Waals surface area contributed by atoms with E-state index in [1.54, 1.807) is 7.11 Å². The molecule has 4 nitrogen and oxygen atoms in total. The van der Waals surface area contributed by atoms with Gasteiger partial charge in [-0.1, -0.05) is 54.5 Å². The second-order valence-electron chi connectivity index (χ2n) is 10.7. The van der Waals surface area contributed by atoms with E-state index in [1.165, 1.54) is 11.1 Å². The van der Waals surface area contributed by atoms with Gasteiger partial charge < -0.3 is 14.5 Å². The molecule has 1 aromatic carbocycles. The lowest BCUT2D eigenvalue weighted by Crippen LogP contribution is -2.27. The normalized spacial score (nSPS) is 13.4. The van der Waals surface area contributed by atoms with Crippen molar-refractivity contribution in [1.29, 1.82) is 0 Å². The highest BCUT2D eigenvalue weighted by molar-refractivity contribution is 6.48. The van der Waals surface area contributed by atoms with E-state index in [-0.39, 0.29) is 16.9 Å². The fourth-order valence-corrected chi connectivity index (χ4v) is 4.49. The molecule has 0 saturated carbocycles. The molecule has 1 atom stereocenters. The molecule has 1 unspecified atom stereocenters. The van der Waals surface area contributed by atoms with Gasteiger partial charge >= 0.3 is 0 Å². The summed E-state index contributed by atoms with van der Waals surface area (Å²) in [4.78, 5) is 4.88. The van der Waals surface area contributed by atoms with Crippen LogP contribution in [-0.4, -0.2) is 27.7 Å². The predicted molar refractivity (Wildman–Crippen MR) is 134 cm³/mol. The van der Waals surface area contributed by atoms with Gasteiger partial charge in [0.25, 0.3) is 0 Å². The van der Waals surface area contributed by atoms with Crippen LogP contribution in [0, 0.1) is 10.8 Å². The van der Waals surface area contributed by atoms with E-state index < -0.39 is 9.04 Å². The van der Waals surface area contributed by atoms with E-state index in [0.29, 0.717) is 0 Å². The molecule has 31 heavy (non-hydrogen) atoms. The Labute approximate surface area is 191 Å². The molecule has 2 aromatic rings. The lowest BCUT2D eigenvalue weighted by molar-refractivity contribution is 0.0856. The zero-order valence-electron chi connectivity index (χ0n) is 21.1. The Kier molecular flexibility index (Phi) is 8.34. The van der Waals surface area contributed by atoms with Gasteiger partial charge in [0.1, 0.15) is 11.6 Å². The third-order valence-corrected chi connectivity index (χ3v) is 5.80. The molecule has 0 saturated heterocycles. The first-order valence-electron chi connectivity index (χ1n) is 11.2. The van der Waals surface area contributed by atoms with Gasteiger partial charge in [0.05, 0.1) is 18.9 Å². The van der Waals surface area contributed by atoms with E-state index in [9.17, 15) is 0 Å². The smallest absolute Gasteiger partial charge is 0.205 e. The van der Waals surface area contributed by atoms with Crippen LogP contribution in [-0.2, 0) is 10.8 Å². The van der Waals surface area contributed by atoms with Gasteiger partial charge in [-0.15, -0.1) is 0 Å². The molecule has 1 radical (unpaired) electrons. The number of ether oxygens (including phenoxy) is 1. The fourth-order valence-electron chi connectivity index (χ4n) is 3.54. The van der Waals surface area contributed by atoms with Crippen molar-refractivity contribution in [2.75, 3.05) is 19.0 Å². The van der Waals surface area contributed by atoms with Crippen molar-refractivity contribution in [1.82, 2.24) is 4.98 Å². The summed E-state index contributed by atoms with van der Waals surface area (Å²) in [6.45, 7) is 20.8. The van der Waals surface area contributed by atoms with Gasteiger partial charge in [0.2, 0.25) is 9.04 Å². The number of benzene rings is 1. The Morgan fingerprint density at radius 3 is 2.26 bits per heavy atom. The maximum absolute atomic E-state index is 6.49. The lowest BCUT2D eigenvalue weighted by atomic mass is 9.82. The molecule has 1 heterocycles. The van der Waals surface area contributed by atoms with Crippen molar-refractivity contribution in [3.05, 3.63) is 41.5 Å². The standard InChI is InChI=1S/C26H41N2O2Si/c1-11-18-15-20(21-13-12-14-23(28-21)27-17-25(2,3)4)22(29-8)16-19(18)24(26(5,6)7)30-31(9)10/h12-16,24H,11,17H2,1-10H3,(H,27,28). The van der Waals surface area contributed by atoms with Crippen molar-refractivity contribution in [2.45, 2.75) is 74.1 Å². The molecule has 171 valence electrons. The molecule has 0 aliphatic heterocycles. The minimum atomic E-state index is -0.853. The van der Waals surface area contributed by atoms with Crippen LogP contribution in [0.2, 0.25) is 13.1 Å². The number of hydrogen-bond donors (Lipinski definition) is 1. The molecule has 0 aliphatic carbocycles. The van der Waals surface area contributed by atoms with Crippen LogP contribution < -0.4 is 10.1 Å². The first-order chi connectivity index (χ1) is 14.4. The summed E-state index contributed by atoms with van der Waals surface area (Å²) in [7, 11) is 0.880. The van der Waals surface area contributed by atoms with Gasteiger partial charge in [0, 0.05) is 12.1 Å². The molecule has 0 amide bonds. The van der Waals surface area contributed by atoms with Crippen LogP contribution in [0.4, 0.5) is 5.82 Å². The van der Waals surface area contributed by atoms with E-state index in [1.807, 2.05) is 6.07 Å².